The molecule has 0 aliphatic rings. The van der Waals surface area contributed by atoms with Crippen molar-refractivity contribution in [2.75, 3.05) is 5.32 Å². The van der Waals surface area contributed by atoms with E-state index in [1.165, 1.54) is 6.07 Å². The fourth-order valence-electron chi connectivity index (χ4n) is 2.06. The van der Waals surface area contributed by atoms with Crippen molar-refractivity contribution < 1.29 is 13.9 Å². The molecule has 0 heterocycles. The Morgan fingerprint density at radius 3 is 2.52 bits per heavy atom. The highest BCUT2D eigenvalue weighted by Crippen LogP contribution is 2.35. The van der Waals surface area contributed by atoms with Crippen molar-refractivity contribution in [1.82, 2.24) is 0 Å². The first-order chi connectivity index (χ1) is 9.92. The summed E-state index contributed by atoms with van der Waals surface area (Å²) in [6, 6.07) is 6.77. The number of benzene rings is 2. The molecule has 21 heavy (non-hydrogen) atoms. The van der Waals surface area contributed by atoms with Crippen LogP contribution < -0.4 is 5.32 Å². The fraction of sp³-hybridized carbons (Fsp3) is 0.200. The van der Waals surface area contributed by atoms with Gasteiger partial charge in [0.05, 0.1) is 11.7 Å². The maximum absolute atomic E-state index is 13.9. The number of anilines is 1. The Morgan fingerprint density at radius 2 is 1.90 bits per heavy atom. The van der Waals surface area contributed by atoms with Crippen LogP contribution in [0.2, 0.25) is 0 Å². The topological polar surface area (TPSA) is 32.3 Å². The lowest BCUT2D eigenvalue weighted by Gasteiger charge is -2.21. The molecule has 2 N–H and O–H groups in total. The minimum Gasteiger partial charge on any atom is -0.508 e. The summed E-state index contributed by atoms with van der Waals surface area (Å²) in [6.07, 6.45) is 0.618. The predicted molar refractivity (Wildman–Crippen MR) is 86.5 cm³/mol. The molecule has 0 aliphatic carbocycles. The van der Waals surface area contributed by atoms with Crippen molar-refractivity contribution in [3.8, 4) is 5.75 Å². The van der Waals surface area contributed by atoms with E-state index in [1.54, 1.807) is 18.2 Å². The van der Waals surface area contributed by atoms with Crippen molar-refractivity contribution in [3.05, 3.63) is 56.5 Å². The van der Waals surface area contributed by atoms with Crippen molar-refractivity contribution >= 4 is 37.5 Å². The lowest BCUT2D eigenvalue weighted by molar-refractivity contribution is 0.462. The zero-order chi connectivity index (χ0) is 15.6. The maximum atomic E-state index is 13.9. The Morgan fingerprint density at radius 1 is 1.19 bits per heavy atom. The van der Waals surface area contributed by atoms with Gasteiger partial charge in [0, 0.05) is 20.6 Å². The van der Waals surface area contributed by atoms with Gasteiger partial charge in [0.2, 0.25) is 0 Å². The van der Waals surface area contributed by atoms with E-state index in [0.29, 0.717) is 16.5 Å². The molecule has 1 unspecified atom stereocenters. The summed E-state index contributed by atoms with van der Waals surface area (Å²) >= 11 is 6.49. The van der Waals surface area contributed by atoms with Gasteiger partial charge in [-0.25, -0.2) is 8.78 Å². The molecular weight excluding hydrogens is 408 g/mol. The third-order valence-corrected chi connectivity index (χ3v) is 4.22. The molecule has 0 radical (unpaired) electrons. The van der Waals surface area contributed by atoms with Crippen molar-refractivity contribution in [2.24, 2.45) is 0 Å². The molecule has 2 aromatic rings. The Labute approximate surface area is 138 Å². The first-order valence-corrected chi connectivity index (χ1v) is 7.90. The van der Waals surface area contributed by atoms with E-state index >= 15 is 0 Å². The fourth-order valence-corrected chi connectivity index (χ4v) is 2.96. The average molecular weight is 421 g/mol. The van der Waals surface area contributed by atoms with Crippen LogP contribution >= 0.6 is 31.9 Å². The summed E-state index contributed by atoms with van der Waals surface area (Å²) in [6.45, 7) is 1.91. The lowest BCUT2D eigenvalue weighted by Crippen LogP contribution is -2.12. The van der Waals surface area contributed by atoms with Crippen LogP contribution in [0.15, 0.2) is 39.3 Å². The number of hydrogen-bond donors (Lipinski definition) is 2. The Kier molecular flexibility index (Phi) is 5.22. The molecular formula is C15H13Br2F2NO. The number of rotatable bonds is 4. The minimum absolute atomic E-state index is 0.121. The summed E-state index contributed by atoms with van der Waals surface area (Å²) in [5, 5.41) is 13.0. The third kappa shape index (κ3) is 3.74. The first-order valence-electron chi connectivity index (χ1n) is 6.31. The highest BCUT2D eigenvalue weighted by Gasteiger charge is 2.18. The molecule has 0 spiro atoms. The average Bonchev–Trinajstić information content (AvgIpc) is 2.41. The molecule has 0 saturated heterocycles. The second kappa shape index (κ2) is 6.75. The minimum atomic E-state index is -0.685. The van der Waals surface area contributed by atoms with Crippen molar-refractivity contribution in [1.29, 1.82) is 0 Å². The van der Waals surface area contributed by atoms with Crippen LogP contribution in [0.4, 0.5) is 14.5 Å². The van der Waals surface area contributed by atoms with Crippen LogP contribution in [0.25, 0.3) is 0 Å². The van der Waals surface area contributed by atoms with Crippen LogP contribution in [-0.2, 0) is 0 Å². The monoisotopic (exact) mass is 419 g/mol. The highest BCUT2D eigenvalue weighted by atomic mass is 79.9. The van der Waals surface area contributed by atoms with E-state index < -0.39 is 11.6 Å². The van der Waals surface area contributed by atoms with Gasteiger partial charge < -0.3 is 10.4 Å². The van der Waals surface area contributed by atoms with Crippen LogP contribution in [0.3, 0.4) is 0 Å². The number of aromatic hydroxyl groups is 1. The number of phenolic OH excluding ortho intramolecular Hbond substituents is 1. The van der Waals surface area contributed by atoms with E-state index in [0.717, 1.165) is 10.5 Å². The molecule has 0 amide bonds. The maximum Gasteiger partial charge on any atom is 0.150 e. The van der Waals surface area contributed by atoms with Gasteiger partial charge in [-0.2, -0.15) is 0 Å². The molecule has 2 rings (SSSR count). The van der Waals surface area contributed by atoms with E-state index in [2.05, 4.69) is 37.2 Å². The summed E-state index contributed by atoms with van der Waals surface area (Å²) in [5.74, 6) is -1.21. The van der Waals surface area contributed by atoms with Gasteiger partial charge >= 0.3 is 0 Å². The zero-order valence-electron chi connectivity index (χ0n) is 11.1. The SMILES string of the molecule is CCC(Nc1c(F)cc(F)cc1Br)c1cc(Br)ccc1O. The molecule has 0 aromatic heterocycles. The predicted octanol–water partition coefficient (Wildman–Crippen LogP) is 5.76. The van der Waals surface area contributed by atoms with E-state index in [-0.39, 0.29) is 17.5 Å². The molecule has 0 aliphatic heterocycles. The molecule has 6 heteroatoms. The molecule has 1 atom stereocenters. The molecule has 0 bridgehead atoms. The van der Waals surface area contributed by atoms with Gasteiger partial charge in [-0.15, -0.1) is 0 Å². The van der Waals surface area contributed by atoms with E-state index in [9.17, 15) is 13.9 Å². The van der Waals surface area contributed by atoms with Crippen molar-refractivity contribution in [2.45, 2.75) is 19.4 Å². The van der Waals surface area contributed by atoms with Crippen molar-refractivity contribution in [3.63, 3.8) is 0 Å². The normalized spacial score (nSPS) is 12.2. The zero-order valence-corrected chi connectivity index (χ0v) is 14.3. The summed E-state index contributed by atoms with van der Waals surface area (Å²) in [7, 11) is 0. The second-order valence-electron chi connectivity index (χ2n) is 4.55. The Bertz CT molecular complexity index is 641. The molecule has 0 fully saturated rings. The van der Waals surface area contributed by atoms with Gasteiger partial charge in [-0.05, 0) is 46.6 Å². The van der Waals surface area contributed by atoms with E-state index in [1.807, 2.05) is 6.92 Å². The first kappa shape index (κ1) is 16.2. The van der Waals surface area contributed by atoms with Gasteiger partial charge in [0.15, 0.2) is 0 Å². The number of hydrogen-bond acceptors (Lipinski definition) is 2. The van der Waals surface area contributed by atoms with E-state index in [4.69, 9.17) is 0 Å². The summed E-state index contributed by atoms with van der Waals surface area (Å²) in [5.41, 5.74) is 0.810. The number of nitrogens with one attached hydrogen (secondary N) is 1. The lowest BCUT2D eigenvalue weighted by atomic mass is 10.0. The van der Waals surface area contributed by atoms with Gasteiger partial charge in [0.25, 0.3) is 0 Å². The second-order valence-corrected chi connectivity index (χ2v) is 6.32. The third-order valence-electron chi connectivity index (χ3n) is 3.10. The Balaban J connectivity index is 2.38. The highest BCUT2D eigenvalue weighted by molar-refractivity contribution is 9.10. The van der Waals surface area contributed by atoms with Gasteiger partial charge in [-0.3, -0.25) is 0 Å². The largest absolute Gasteiger partial charge is 0.508 e. The number of halogens is 4. The standard InChI is InChI=1S/C15H13Br2F2NO/c1-2-13(10-5-8(16)3-4-14(10)21)20-15-11(17)6-9(18)7-12(15)19/h3-7,13,20-21H,2H2,1H3. The molecule has 112 valence electrons. The van der Waals surface area contributed by atoms with Crippen LogP contribution in [0.5, 0.6) is 5.75 Å². The Hall–Kier alpha value is -1.14. The molecule has 0 saturated carbocycles. The van der Waals surface area contributed by atoms with Crippen LogP contribution in [0.1, 0.15) is 24.9 Å². The van der Waals surface area contributed by atoms with Gasteiger partial charge in [0.1, 0.15) is 17.4 Å². The van der Waals surface area contributed by atoms with Gasteiger partial charge in [-0.1, -0.05) is 22.9 Å². The van der Waals surface area contributed by atoms with Crippen LogP contribution in [-0.4, -0.2) is 5.11 Å². The molecule has 2 nitrogen and oxygen atoms in total. The number of phenols is 1. The molecule has 2 aromatic carbocycles. The summed E-state index contributed by atoms with van der Waals surface area (Å²) in [4.78, 5) is 0. The smallest absolute Gasteiger partial charge is 0.150 e. The summed E-state index contributed by atoms with van der Waals surface area (Å²) < 4.78 is 28.1. The van der Waals surface area contributed by atoms with Crippen LogP contribution in [0, 0.1) is 11.6 Å². The quantitative estimate of drug-likeness (QED) is 0.659.